The predicted molar refractivity (Wildman–Crippen MR) is 69.6 cm³/mol. The zero-order valence-corrected chi connectivity index (χ0v) is 9.81. The summed E-state index contributed by atoms with van der Waals surface area (Å²) in [4.78, 5) is 0. The van der Waals surface area contributed by atoms with Crippen LogP contribution < -0.4 is 4.74 Å². The van der Waals surface area contributed by atoms with Crippen LogP contribution in [0.1, 0.15) is 31.7 Å². The first kappa shape index (κ1) is 8.35. The van der Waals surface area contributed by atoms with E-state index in [1.165, 1.54) is 0 Å². The molecule has 2 aromatic rings. The fraction of sp³-hybridized carbons (Fsp3) is 0.250. The molecule has 0 spiro atoms. The number of hydrogen-bond donors (Lipinski definition) is 0. The molecule has 0 bridgehead atoms. The van der Waals surface area contributed by atoms with Gasteiger partial charge in [-0.25, -0.2) is 0 Å². The van der Waals surface area contributed by atoms with Crippen molar-refractivity contribution in [2.75, 3.05) is 7.11 Å². The maximum Gasteiger partial charge on any atom is 0.119 e. The van der Waals surface area contributed by atoms with Crippen LogP contribution >= 0.6 is 0 Å². The van der Waals surface area contributed by atoms with E-state index in [0.717, 1.165) is 22.4 Å². The van der Waals surface area contributed by atoms with Crippen LogP contribution in [0.15, 0.2) is 48.5 Å². The normalized spacial score (nSPS) is 28.2. The highest BCUT2D eigenvalue weighted by molar-refractivity contribution is 5.45. The Morgan fingerprint density at radius 3 is 2.82 bits per heavy atom. The van der Waals surface area contributed by atoms with E-state index in [1.54, 1.807) is 7.11 Å². The number of methoxy groups -OCH3 is 1. The highest BCUT2D eigenvalue weighted by Gasteiger charge is 2.23. The fourth-order valence-corrected chi connectivity index (χ4v) is 2.34. The Morgan fingerprint density at radius 1 is 1.24 bits per heavy atom. The van der Waals surface area contributed by atoms with Gasteiger partial charge in [-0.15, -0.1) is 0 Å². The SMILES string of the molecule is [2H]C1Cc2cc(OC)ccc2C1([2H])c1ccccc1. The van der Waals surface area contributed by atoms with Crippen molar-refractivity contribution in [3.05, 3.63) is 65.2 Å². The molecule has 1 aliphatic carbocycles. The molecule has 0 amide bonds. The molecule has 17 heavy (non-hydrogen) atoms. The van der Waals surface area contributed by atoms with Gasteiger partial charge in [0.05, 0.1) is 7.11 Å². The molecule has 0 saturated carbocycles. The van der Waals surface area contributed by atoms with Gasteiger partial charge in [0.25, 0.3) is 0 Å². The topological polar surface area (TPSA) is 9.23 Å². The number of fused-ring (bicyclic) bond motifs is 1. The van der Waals surface area contributed by atoms with Crippen LogP contribution in [-0.4, -0.2) is 7.11 Å². The molecule has 2 aromatic carbocycles. The van der Waals surface area contributed by atoms with Crippen LogP contribution in [-0.2, 0) is 6.42 Å². The van der Waals surface area contributed by atoms with Gasteiger partial charge in [0.15, 0.2) is 0 Å². The Labute approximate surface area is 105 Å². The second-order valence-electron chi connectivity index (χ2n) is 4.21. The number of hydrogen-bond acceptors (Lipinski definition) is 1. The summed E-state index contributed by atoms with van der Waals surface area (Å²) in [5.74, 6) is -0.175. The Morgan fingerprint density at radius 2 is 2.06 bits per heavy atom. The first-order valence-corrected chi connectivity index (χ1v) is 5.81. The first-order chi connectivity index (χ1) is 9.16. The van der Waals surface area contributed by atoms with Crippen LogP contribution in [0.2, 0.25) is 0 Å². The lowest BCUT2D eigenvalue weighted by Crippen LogP contribution is -1.95. The third-order valence-corrected chi connectivity index (χ3v) is 3.21. The van der Waals surface area contributed by atoms with E-state index in [2.05, 4.69) is 0 Å². The lowest BCUT2D eigenvalue weighted by Gasteiger charge is -2.12. The molecule has 1 aliphatic rings. The van der Waals surface area contributed by atoms with Gasteiger partial charge >= 0.3 is 0 Å². The highest BCUT2D eigenvalue weighted by atomic mass is 16.5. The van der Waals surface area contributed by atoms with Gasteiger partial charge in [0.1, 0.15) is 5.75 Å². The van der Waals surface area contributed by atoms with Crippen LogP contribution in [0, 0.1) is 0 Å². The summed E-state index contributed by atoms with van der Waals surface area (Å²) in [6.07, 6.45) is 0.127. The largest absolute Gasteiger partial charge is 0.497 e. The fourth-order valence-electron chi connectivity index (χ4n) is 2.34. The Hall–Kier alpha value is -1.76. The minimum Gasteiger partial charge on any atom is -0.497 e. The molecule has 86 valence electrons. The van der Waals surface area contributed by atoms with Gasteiger partial charge in [0, 0.05) is 8.64 Å². The molecular weight excluding hydrogens is 208 g/mol. The average molecular weight is 226 g/mol. The molecule has 1 nitrogen and oxygen atoms in total. The number of aryl methyl sites for hydroxylation is 1. The van der Waals surface area contributed by atoms with Crippen molar-refractivity contribution < 1.29 is 7.48 Å². The summed E-state index contributed by atoms with van der Waals surface area (Å²) >= 11 is 0. The summed E-state index contributed by atoms with van der Waals surface area (Å²) in [6, 6.07) is 15.4. The molecule has 3 rings (SSSR count). The van der Waals surface area contributed by atoms with E-state index >= 15 is 0 Å². The molecule has 2 atom stereocenters. The van der Waals surface area contributed by atoms with E-state index in [1.807, 2.05) is 48.5 Å². The molecule has 0 radical (unpaired) electrons. The van der Waals surface area contributed by atoms with E-state index in [4.69, 9.17) is 7.48 Å². The monoisotopic (exact) mass is 226 g/mol. The molecule has 0 heterocycles. The van der Waals surface area contributed by atoms with Crippen molar-refractivity contribution in [1.82, 2.24) is 0 Å². The predicted octanol–water partition coefficient (Wildman–Crippen LogP) is 3.77. The van der Waals surface area contributed by atoms with Crippen molar-refractivity contribution >= 4 is 0 Å². The first-order valence-electron chi connectivity index (χ1n) is 6.89. The second-order valence-corrected chi connectivity index (χ2v) is 4.21. The number of rotatable bonds is 2. The Bertz CT molecular complexity index is 597. The molecule has 0 aliphatic heterocycles. The van der Waals surface area contributed by atoms with Gasteiger partial charge in [-0.05, 0) is 41.6 Å². The molecule has 1 heteroatoms. The van der Waals surface area contributed by atoms with Gasteiger partial charge < -0.3 is 4.74 Å². The molecule has 0 saturated heterocycles. The minimum absolute atomic E-state index is 0.475. The second kappa shape index (κ2) is 4.25. The van der Waals surface area contributed by atoms with Crippen LogP contribution in [0.5, 0.6) is 5.75 Å². The van der Waals surface area contributed by atoms with Gasteiger partial charge in [-0.1, -0.05) is 36.4 Å². The summed E-state index contributed by atoms with van der Waals surface area (Å²) in [5.41, 5.74) is 2.87. The number of ether oxygens (including phenoxy) is 1. The minimum atomic E-state index is -0.969. The third-order valence-electron chi connectivity index (χ3n) is 3.21. The van der Waals surface area contributed by atoms with Crippen molar-refractivity contribution in [2.45, 2.75) is 18.7 Å². The maximum absolute atomic E-state index is 8.81. The van der Waals surface area contributed by atoms with Crippen molar-refractivity contribution in [3.8, 4) is 5.75 Å². The van der Waals surface area contributed by atoms with Crippen molar-refractivity contribution in [2.24, 2.45) is 0 Å². The van der Waals surface area contributed by atoms with E-state index < -0.39 is 12.3 Å². The summed E-state index contributed by atoms with van der Waals surface area (Å²) in [6.45, 7) is 0. The molecule has 0 fully saturated rings. The molecule has 0 aromatic heterocycles. The summed E-state index contributed by atoms with van der Waals surface area (Å²) in [7, 11) is 1.64. The van der Waals surface area contributed by atoms with E-state index in [-0.39, 0.29) is 0 Å². The quantitative estimate of drug-likeness (QED) is 0.757. The zero-order valence-electron chi connectivity index (χ0n) is 11.8. The lowest BCUT2D eigenvalue weighted by molar-refractivity contribution is 0.414. The van der Waals surface area contributed by atoms with Crippen LogP contribution in [0.25, 0.3) is 0 Å². The number of benzene rings is 2. The van der Waals surface area contributed by atoms with E-state index in [9.17, 15) is 0 Å². The lowest BCUT2D eigenvalue weighted by atomic mass is 9.93. The highest BCUT2D eigenvalue weighted by Crippen LogP contribution is 2.39. The Kier molecular flexibility index (Phi) is 2.09. The summed E-state index contributed by atoms with van der Waals surface area (Å²) in [5, 5.41) is 0. The standard InChI is InChI=1S/C16H16O/c1-17-14-8-10-16-13(11-14)7-9-15(16)12-5-3-2-4-6-12/h2-6,8,10-11,15H,7,9H2,1H3/i9D,15D. The van der Waals surface area contributed by atoms with Crippen molar-refractivity contribution in [3.63, 3.8) is 0 Å². The molecule has 2 unspecified atom stereocenters. The van der Waals surface area contributed by atoms with Gasteiger partial charge in [-0.3, -0.25) is 0 Å². The van der Waals surface area contributed by atoms with Crippen LogP contribution in [0.3, 0.4) is 0 Å². The zero-order chi connectivity index (χ0) is 13.5. The van der Waals surface area contributed by atoms with Crippen molar-refractivity contribution in [1.29, 1.82) is 0 Å². The molecule has 0 N–H and O–H groups in total. The van der Waals surface area contributed by atoms with Gasteiger partial charge in [0.2, 0.25) is 0 Å². The third kappa shape index (κ3) is 1.82. The average Bonchev–Trinajstić information content (AvgIpc) is 2.72. The van der Waals surface area contributed by atoms with Gasteiger partial charge in [-0.2, -0.15) is 0 Å². The van der Waals surface area contributed by atoms with Crippen LogP contribution in [0.4, 0.5) is 0 Å². The summed E-state index contributed by atoms with van der Waals surface area (Å²) < 4.78 is 22.3. The Balaban J connectivity index is 2.15. The molecular formula is C16H16O. The maximum atomic E-state index is 8.81. The smallest absolute Gasteiger partial charge is 0.119 e. The van der Waals surface area contributed by atoms with E-state index in [0.29, 0.717) is 6.42 Å².